The summed E-state index contributed by atoms with van der Waals surface area (Å²) in [5, 5.41) is 5.51. The van der Waals surface area contributed by atoms with Gasteiger partial charge in [-0.05, 0) is 49.2 Å². The average molecular weight is 578 g/mol. The summed E-state index contributed by atoms with van der Waals surface area (Å²) in [6.45, 7) is -0.333. The maximum absolute atomic E-state index is 15.1. The van der Waals surface area contributed by atoms with Gasteiger partial charge in [0.1, 0.15) is 17.0 Å². The molecule has 4 aromatic rings. The molecule has 0 atom stereocenters. The highest BCUT2D eigenvalue weighted by Crippen LogP contribution is 2.48. The number of nitrogens with one attached hydrogen (secondary N) is 2. The van der Waals surface area contributed by atoms with Crippen LogP contribution in [0.5, 0.6) is 23.0 Å². The Hall–Kier alpha value is -5.26. The molecular weight excluding hydrogens is 552 g/mol. The Morgan fingerprint density at radius 2 is 1.62 bits per heavy atom. The van der Waals surface area contributed by atoms with E-state index in [0.717, 1.165) is 6.07 Å². The van der Waals surface area contributed by atoms with Crippen molar-refractivity contribution in [3.05, 3.63) is 78.5 Å². The Labute approximate surface area is 238 Å². The third-order valence-electron chi connectivity index (χ3n) is 6.71. The zero-order valence-corrected chi connectivity index (χ0v) is 22.5. The molecule has 10 nitrogen and oxygen atoms in total. The molecule has 1 aliphatic carbocycles. The molecule has 0 spiro atoms. The van der Waals surface area contributed by atoms with Gasteiger partial charge in [-0.3, -0.25) is 14.6 Å². The molecule has 42 heavy (non-hydrogen) atoms. The van der Waals surface area contributed by atoms with Gasteiger partial charge >= 0.3 is 5.97 Å². The number of hydrogen-bond acceptors (Lipinski definition) is 8. The van der Waals surface area contributed by atoms with Crippen LogP contribution in [0.4, 0.5) is 20.2 Å². The molecule has 216 valence electrons. The van der Waals surface area contributed by atoms with Crippen LogP contribution in [0.15, 0.2) is 66.9 Å². The second-order valence-electron chi connectivity index (χ2n) is 9.41. The first-order valence-electron chi connectivity index (χ1n) is 12.8. The summed E-state index contributed by atoms with van der Waals surface area (Å²) in [5.74, 6) is -2.56. The van der Waals surface area contributed by atoms with Crippen molar-refractivity contribution < 1.29 is 42.1 Å². The van der Waals surface area contributed by atoms with Gasteiger partial charge in [0.05, 0.1) is 25.4 Å². The highest BCUT2D eigenvalue weighted by atomic mass is 19.1. The van der Waals surface area contributed by atoms with Crippen LogP contribution in [-0.4, -0.2) is 43.6 Å². The Bertz CT molecular complexity index is 1690. The van der Waals surface area contributed by atoms with Crippen molar-refractivity contribution in [3.63, 3.8) is 0 Å². The van der Waals surface area contributed by atoms with Crippen molar-refractivity contribution in [3.8, 4) is 23.0 Å². The maximum atomic E-state index is 15.1. The molecule has 3 aromatic carbocycles. The number of ether oxygens (including phenoxy) is 4. The third-order valence-corrected chi connectivity index (χ3v) is 6.71. The smallest absolute Gasteiger partial charge is 0.343 e. The predicted molar refractivity (Wildman–Crippen MR) is 148 cm³/mol. The number of carbonyl (C=O) groups excluding carboxylic acids is 3. The first kappa shape index (κ1) is 28.3. The van der Waals surface area contributed by atoms with Gasteiger partial charge in [0.25, 0.3) is 0 Å². The number of benzene rings is 3. The summed E-state index contributed by atoms with van der Waals surface area (Å²) in [4.78, 5) is 41.5. The lowest BCUT2D eigenvalue weighted by atomic mass is 10.0. The highest BCUT2D eigenvalue weighted by Gasteiger charge is 2.56. The van der Waals surface area contributed by atoms with Crippen LogP contribution in [0.25, 0.3) is 10.9 Å². The summed E-state index contributed by atoms with van der Waals surface area (Å²) in [5.41, 5.74) is -0.854. The number of nitrogens with zero attached hydrogens (tertiary/aromatic N) is 1. The SMILES string of the molecule is COC(=O)COc1cc2nccc(Oc3ccc(NC(=O)C4(C(=O)Nc5ccccc5F)CC4)cc3F)c2cc1OC. The number of hydrogen-bond donors (Lipinski definition) is 2. The van der Waals surface area contributed by atoms with Crippen molar-refractivity contribution >= 4 is 40.1 Å². The molecule has 0 aliphatic heterocycles. The second-order valence-corrected chi connectivity index (χ2v) is 9.41. The van der Waals surface area contributed by atoms with E-state index in [0.29, 0.717) is 10.9 Å². The number of para-hydroxylation sites is 1. The number of rotatable bonds is 10. The lowest BCUT2D eigenvalue weighted by Gasteiger charge is -2.16. The highest BCUT2D eigenvalue weighted by molar-refractivity contribution is 6.17. The molecule has 12 heteroatoms. The Morgan fingerprint density at radius 1 is 0.857 bits per heavy atom. The molecule has 2 amide bonds. The Morgan fingerprint density at radius 3 is 2.31 bits per heavy atom. The number of aromatic nitrogens is 1. The van der Waals surface area contributed by atoms with Crippen molar-refractivity contribution in [1.29, 1.82) is 0 Å². The first-order chi connectivity index (χ1) is 20.2. The number of anilines is 2. The fourth-order valence-corrected chi connectivity index (χ4v) is 4.20. The summed E-state index contributed by atoms with van der Waals surface area (Å²) in [6.07, 6.45) is 2.01. The molecule has 0 unspecified atom stereocenters. The number of amides is 2. The standard InChI is InChI=1S/C30H25F2N3O7/c1-39-25-14-18-22(15-26(25)41-16-27(36)40-2)33-12-9-23(18)42-24-8-7-17(13-20(24)32)34-28(37)30(10-11-30)29(38)35-21-6-4-3-5-19(21)31/h3-9,12-15H,10-11,16H2,1-2H3,(H,34,37)(H,35,38). The molecule has 0 bridgehead atoms. The molecule has 1 saturated carbocycles. The topological polar surface area (TPSA) is 125 Å². The van der Waals surface area contributed by atoms with Gasteiger partial charge in [0.2, 0.25) is 11.8 Å². The molecule has 2 N–H and O–H groups in total. The van der Waals surface area contributed by atoms with Gasteiger partial charge in [-0.25, -0.2) is 13.6 Å². The fraction of sp³-hybridized carbons (Fsp3) is 0.200. The van der Waals surface area contributed by atoms with E-state index < -0.39 is 34.8 Å². The lowest BCUT2D eigenvalue weighted by Crippen LogP contribution is -2.35. The number of carbonyl (C=O) groups is 3. The van der Waals surface area contributed by atoms with E-state index in [1.807, 2.05) is 0 Å². The third kappa shape index (κ3) is 5.78. The Kier molecular flexibility index (Phi) is 7.87. The maximum Gasteiger partial charge on any atom is 0.343 e. The van der Waals surface area contributed by atoms with Crippen LogP contribution < -0.4 is 24.8 Å². The van der Waals surface area contributed by atoms with E-state index in [1.54, 1.807) is 18.2 Å². The van der Waals surface area contributed by atoms with Crippen LogP contribution in [0.3, 0.4) is 0 Å². The van der Waals surface area contributed by atoms with E-state index in [9.17, 15) is 18.8 Å². The molecule has 1 aliphatic rings. The number of fused-ring (bicyclic) bond motifs is 1. The van der Waals surface area contributed by atoms with Gasteiger partial charge < -0.3 is 29.6 Å². The number of halogens is 2. The first-order valence-corrected chi connectivity index (χ1v) is 12.8. The number of esters is 1. The molecule has 1 fully saturated rings. The van der Waals surface area contributed by atoms with Crippen molar-refractivity contribution in [2.45, 2.75) is 12.8 Å². The molecule has 1 aromatic heterocycles. The van der Waals surface area contributed by atoms with Gasteiger partial charge in [-0.1, -0.05) is 12.1 Å². The fourth-order valence-electron chi connectivity index (χ4n) is 4.20. The van der Waals surface area contributed by atoms with Gasteiger partial charge in [0, 0.05) is 29.4 Å². The van der Waals surface area contributed by atoms with E-state index in [2.05, 4.69) is 20.4 Å². The van der Waals surface area contributed by atoms with E-state index in [1.165, 1.54) is 56.8 Å². The molecule has 1 heterocycles. The monoisotopic (exact) mass is 577 g/mol. The number of methoxy groups -OCH3 is 2. The summed E-state index contributed by atoms with van der Waals surface area (Å²) in [6, 6.07) is 14.2. The van der Waals surface area contributed by atoms with Gasteiger partial charge in [-0.15, -0.1) is 0 Å². The second kappa shape index (κ2) is 11.7. The van der Waals surface area contributed by atoms with Crippen LogP contribution >= 0.6 is 0 Å². The normalized spacial score (nSPS) is 13.1. The predicted octanol–water partition coefficient (Wildman–Crippen LogP) is 5.22. The van der Waals surface area contributed by atoms with Crippen molar-refractivity contribution in [2.75, 3.05) is 31.5 Å². The molecular formula is C30H25F2N3O7. The quantitative estimate of drug-likeness (QED) is 0.194. The van der Waals surface area contributed by atoms with Gasteiger partial charge in [-0.2, -0.15) is 0 Å². The summed E-state index contributed by atoms with van der Waals surface area (Å²) >= 11 is 0. The summed E-state index contributed by atoms with van der Waals surface area (Å²) in [7, 11) is 2.66. The summed E-state index contributed by atoms with van der Waals surface area (Å²) < 4.78 is 50.3. The van der Waals surface area contributed by atoms with Gasteiger partial charge in [0.15, 0.2) is 29.7 Å². The van der Waals surface area contributed by atoms with Crippen LogP contribution in [0.1, 0.15) is 12.8 Å². The Balaban J connectivity index is 1.30. The van der Waals surface area contributed by atoms with E-state index >= 15 is 4.39 Å². The van der Waals surface area contributed by atoms with E-state index in [4.69, 9.17) is 14.2 Å². The minimum Gasteiger partial charge on any atom is -0.493 e. The van der Waals surface area contributed by atoms with Crippen molar-refractivity contribution in [1.82, 2.24) is 4.98 Å². The molecule has 0 saturated heterocycles. The average Bonchev–Trinajstić information content (AvgIpc) is 3.80. The largest absolute Gasteiger partial charge is 0.493 e. The van der Waals surface area contributed by atoms with Crippen LogP contribution in [-0.2, 0) is 19.1 Å². The lowest BCUT2D eigenvalue weighted by molar-refractivity contribution is -0.143. The number of pyridine rings is 1. The molecule has 0 radical (unpaired) electrons. The zero-order valence-electron chi connectivity index (χ0n) is 22.5. The van der Waals surface area contributed by atoms with Crippen molar-refractivity contribution in [2.24, 2.45) is 5.41 Å². The van der Waals surface area contributed by atoms with E-state index in [-0.39, 0.29) is 53.8 Å². The minimum atomic E-state index is -1.37. The minimum absolute atomic E-state index is 0.0275. The van der Waals surface area contributed by atoms with Crippen LogP contribution in [0.2, 0.25) is 0 Å². The molecule has 5 rings (SSSR count). The zero-order chi connectivity index (χ0) is 29.9. The van der Waals surface area contributed by atoms with Crippen LogP contribution in [0, 0.1) is 17.0 Å².